The van der Waals surface area contributed by atoms with Crippen molar-refractivity contribution in [3.05, 3.63) is 37.4 Å². The SMILES string of the molecule is CCNC(Cc1ccc(I)cc1[N+](=O)[O-])C(C)(C)C. The summed E-state index contributed by atoms with van der Waals surface area (Å²) in [5.74, 6) is 0. The number of nitro groups is 1. The van der Waals surface area contributed by atoms with Crippen molar-refractivity contribution in [3.63, 3.8) is 0 Å². The van der Waals surface area contributed by atoms with Crippen LogP contribution in [0.3, 0.4) is 0 Å². The molecule has 0 saturated carbocycles. The normalized spacial score (nSPS) is 13.3. The Hall–Kier alpha value is -0.690. The second-order valence-corrected chi connectivity index (χ2v) is 6.96. The van der Waals surface area contributed by atoms with Gasteiger partial charge < -0.3 is 5.32 Å². The third kappa shape index (κ3) is 4.72. The van der Waals surface area contributed by atoms with Gasteiger partial charge >= 0.3 is 0 Å². The third-order valence-corrected chi connectivity index (χ3v) is 3.83. The van der Waals surface area contributed by atoms with Crippen LogP contribution in [-0.4, -0.2) is 17.5 Å². The van der Waals surface area contributed by atoms with Gasteiger partial charge in [0.2, 0.25) is 0 Å². The average molecular weight is 376 g/mol. The summed E-state index contributed by atoms with van der Waals surface area (Å²) in [7, 11) is 0. The number of benzene rings is 1. The van der Waals surface area contributed by atoms with Gasteiger partial charge in [-0.25, -0.2) is 0 Å². The zero-order valence-electron chi connectivity index (χ0n) is 11.9. The van der Waals surface area contributed by atoms with E-state index in [1.165, 1.54) is 0 Å². The van der Waals surface area contributed by atoms with Crippen LogP contribution in [0.5, 0.6) is 0 Å². The molecule has 0 heterocycles. The van der Waals surface area contributed by atoms with Crippen molar-refractivity contribution in [2.75, 3.05) is 6.54 Å². The number of nitrogens with one attached hydrogen (secondary N) is 1. The molecule has 1 atom stereocenters. The smallest absolute Gasteiger partial charge is 0.273 e. The van der Waals surface area contributed by atoms with Gasteiger partial charge in [-0.05, 0) is 47.0 Å². The van der Waals surface area contributed by atoms with Gasteiger partial charge in [-0.1, -0.05) is 33.8 Å². The molecule has 0 fully saturated rings. The Labute approximate surface area is 128 Å². The number of nitrogens with zero attached hydrogens (tertiary/aromatic N) is 1. The van der Waals surface area contributed by atoms with Gasteiger partial charge in [0.25, 0.3) is 5.69 Å². The van der Waals surface area contributed by atoms with Gasteiger partial charge in [0.1, 0.15) is 0 Å². The highest BCUT2D eigenvalue weighted by Crippen LogP contribution is 2.28. The maximum absolute atomic E-state index is 11.1. The first-order valence-corrected chi connectivity index (χ1v) is 7.49. The van der Waals surface area contributed by atoms with E-state index in [1.54, 1.807) is 6.07 Å². The molecule has 1 rings (SSSR count). The first-order valence-electron chi connectivity index (χ1n) is 6.42. The van der Waals surface area contributed by atoms with Gasteiger partial charge in [-0.2, -0.15) is 0 Å². The molecule has 0 aliphatic heterocycles. The second kappa shape index (κ2) is 6.65. The molecule has 4 nitrogen and oxygen atoms in total. The summed E-state index contributed by atoms with van der Waals surface area (Å²) in [5, 5.41) is 14.6. The molecule has 0 saturated heterocycles. The number of likely N-dealkylation sites (N-methyl/N-ethyl adjacent to an activating group) is 1. The molecule has 5 heteroatoms. The minimum absolute atomic E-state index is 0.0624. The molecule has 1 aromatic carbocycles. The van der Waals surface area contributed by atoms with Crippen molar-refractivity contribution in [1.29, 1.82) is 0 Å². The summed E-state index contributed by atoms with van der Waals surface area (Å²) in [4.78, 5) is 10.9. The Kier molecular flexibility index (Phi) is 5.73. The molecule has 0 spiro atoms. The topological polar surface area (TPSA) is 55.2 Å². The molecule has 106 valence electrons. The maximum Gasteiger partial charge on any atom is 0.273 e. The zero-order chi connectivity index (χ0) is 14.6. The first kappa shape index (κ1) is 16.4. The molecule has 1 aromatic rings. The monoisotopic (exact) mass is 376 g/mol. The fourth-order valence-corrected chi connectivity index (χ4v) is 2.51. The van der Waals surface area contributed by atoms with Gasteiger partial charge in [0.05, 0.1) is 4.92 Å². The van der Waals surface area contributed by atoms with Crippen molar-refractivity contribution < 1.29 is 4.92 Å². The third-order valence-electron chi connectivity index (χ3n) is 3.16. The summed E-state index contributed by atoms with van der Waals surface area (Å²) in [6.07, 6.45) is 0.671. The van der Waals surface area contributed by atoms with Gasteiger partial charge in [0.15, 0.2) is 0 Å². The quantitative estimate of drug-likeness (QED) is 0.484. The Morgan fingerprint density at radius 3 is 2.53 bits per heavy atom. The van der Waals surface area contributed by atoms with E-state index in [9.17, 15) is 10.1 Å². The Morgan fingerprint density at radius 1 is 1.42 bits per heavy atom. The number of hydrogen-bond donors (Lipinski definition) is 1. The Balaban J connectivity index is 3.06. The second-order valence-electron chi connectivity index (χ2n) is 5.71. The van der Waals surface area contributed by atoms with Crippen LogP contribution in [0.4, 0.5) is 5.69 Å². The van der Waals surface area contributed by atoms with E-state index < -0.39 is 0 Å². The van der Waals surface area contributed by atoms with Gasteiger partial charge in [-0.15, -0.1) is 0 Å². The minimum Gasteiger partial charge on any atom is -0.313 e. The van der Waals surface area contributed by atoms with Crippen molar-refractivity contribution in [2.24, 2.45) is 5.41 Å². The molecular formula is C14H21IN2O2. The molecular weight excluding hydrogens is 355 g/mol. The predicted octanol–water partition coefficient (Wildman–Crippen LogP) is 3.77. The molecule has 19 heavy (non-hydrogen) atoms. The molecule has 1 unspecified atom stereocenters. The lowest BCUT2D eigenvalue weighted by Gasteiger charge is -2.31. The van der Waals surface area contributed by atoms with E-state index in [0.717, 1.165) is 15.7 Å². The summed E-state index contributed by atoms with van der Waals surface area (Å²) >= 11 is 2.10. The highest BCUT2D eigenvalue weighted by molar-refractivity contribution is 14.1. The number of nitro benzene ring substituents is 1. The predicted molar refractivity (Wildman–Crippen MR) is 86.4 cm³/mol. The van der Waals surface area contributed by atoms with Gasteiger partial charge in [0, 0.05) is 21.2 Å². The van der Waals surface area contributed by atoms with E-state index in [4.69, 9.17) is 0 Å². The van der Waals surface area contributed by atoms with E-state index in [0.29, 0.717) is 6.42 Å². The molecule has 0 amide bonds. The van der Waals surface area contributed by atoms with Crippen LogP contribution < -0.4 is 5.32 Å². The van der Waals surface area contributed by atoms with Gasteiger partial charge in [-0.3, -0.25) is 10.1 Å². The van der Waals surface area contributed by atoms with Crippen LogP contribution >= 0.6 is 22.6 Å². The van der Waals surface area contributed by atoms with Crippen LogP contribution in [0.1, 0.15) is 33.3 Å². The lowest BCUT2D eigenvalue weighted by atomic mass is 9.82. The van der Waals surface area contributed by atoms with Crippen LogP contribution in [-0.2, 0) is 6.42 Å². The molecule has 0 bridgehead atoms. The van der Waals surface area contributed by atoms with Crippen LogP contribution in [0.15, 0.2) is 18.2 Å². The van der Waals surface area contributed by atoms with E-state index in [-0.39, 0.29) is 22.1 Å². The van der Waals surface area contributed by atoms with Crippen LogP contribution in [0, 0.1) is 19.1 Å². The average Bonchev–Trinajstić information content (AvgIpc) is 2.29. The summed E-state index contributed by atoms with van der Waals surface area (Å²) < 4.78 is 0.892. The Bertz CT molecular complexity index is 455. The van der Waals surface area contributed by atoms with E-state index in [1.807, 2.05) is 12.1 Å². The van der Waals surface area contributed by atoms with E-state index >= 15 is 0 Å². The molecule has 1 N–H and O–H groups in total. The van der Waals surface area contributed by atoms with Crippen molar-refractivity contribution >= 4 is 28.3 Å². The molecule has 0 aliphatic rings. The largest absolute Gasteiger partial charge is 0.313 e. The van der Waals surface area contributed by atoms with Crippen molar-refractivity contribution in [3.8, 4) is 0 Å². The lowest BCUT2D eigenvalue weighted by molar-refractivity contribution is -0.385. The fraction of sp³-hybridized carbons (Fsp3) is 0.571. The summed E-state index contributed by atoms with van der Waals surface area (Å²) in [6, 6.07) is 5.66. The lowest BCUT2D eigenvalue weighted by Crippen LogP contribution is -2.42. The van der Waals surface area contributed by atoms with E-state index in [2.05, 4.69) is 55.6 Å². The minimum atomic E-state index is -0.289. The maximum atomic E-state index is 11.1. The number of rotatable bonds is 5. The van der Waals surface area contributed by atoms with Crippen LogP contribution in [0.2, 0.25) is 0 Å². The van der Waals surface area contributed by atoms with Crippen LogP contribution in [0.25, 0.3) is 0 Å². The summed E-state index contributed by atoms with van der Waals surface area (Å²) in [6.45, 7) is 9.37. The highest BCUT2D eigenvalue weighted by atomic mass is 127. The fourth-order valence-electron chi connectivity index (χ4n) is 2.03. The van der Waals surface area contributed by atoms with Crippen molar-refractivity contribution in [1.82, 2.24) is 5.32 Å². The first-order chi connectivity index (χ1) is 8.75. The number of hydrogen-bond acceptors (Lipinski definition) is 3. The standard InChI is InChI=1S/C14H21IN2O2/c1-5-16-13(14(2,3)4)8-10-6-7-11(15)9-12(10)17(18)19/h6-7,9,13,16H,5,8H2,1-4H3. The summed E-state index contributed by atoms with van der Waals surface area (Å²) in [5.41, 5.74) is 1.08. The molecule has 0 aromatic heterocycles. The molecule has 0 aliphatic carbocycles. The zero-order valence-corrected chi connectivity index (χ0v) is 14.0. The highest BCUT2D eigenvalue weighted by Gasteiger charge is 2.26. The van der Waals surface area contributed by atoms with Crippen molar-refractivity contribution in [2.45, 2.75) is 40.2 Å². The Morgan fingerprint density at radius 2 is 2.05 bits per heavy atom. The molecule has 0 radical (unpaired) electrons. The number of halogens is 1.